The molecule has 2 aromatic rings. The Kier molecular flexibility index (Phi) is 12.0. The van der Waals surface area contributed by atoms with Crippen molar-refractivity contribution in [3.05, 3.63) is 60.1 Å². The highest BCUT2D eigenvalue weighted by molar-refractivity contribution is 6.76. The molecule has 3 heterocycles. The second-order valence-corrected chi connectivity index (χ2v) is 19.1. The molecular weight excluding hydrogens is 616 g/mol. The van der Waals surface area contributed by atoms with E-state index in [1.165, 1.54) is 0 Å². The normalized spacial score (nSPS) is 25.0. The van der Waals surface area contributed by atoms with Gasteiger partial charge in [-0.2, -0.15) is 10.2 Å². The number of nitrogens with zero attached hydrogens (tertiary/aromatic N) is 5. The number of allylic oxidation sites excluding steroid dienone is 1. The Hall–Kier alpha value is -3.36. The number of aromatic nitrogens is 2. The van der Waals surface area contributed by atoms with Crippen LogP contribution in [0.2, 0.25) is 25.7 Å². The highest BCUT2D eigenvalue weighted by atomic mass is 28.3. The van der Waals surface area contributed by atoms with Gasteiger partial charge in [0.2, 0.25) is 0 Å². The summed E-state index contributed by atoms with van der Waals surface area (Å²) < 4.78 is 29.9. The predicted octanol–water partition coefficient (Wildman–Crippen LogP) is 4.56. The summed E-state index contributed by atoms with van der Waals surface area (Å²) in [4.78, 5) is 18.2. The standard InChI is InChI=1S/C34H50N6O6Si/c1-42-15-17-45-33(41)34(46-18-16-43-2)13-11-26(12-14-34)30-21-31(35-25-44-19-20-47(3,4)5)40-32(38-30)29(23-37-40)27-22-36-39(24-27)28-9-7-6-8-10-28/h6-10,21-24,26,29,32,38H,11-20,25H2,1-5H3. The van der Waals surface area contributed by atoms with Crippen molar-refractivity contribution >= 4 is 26.1 Å². The topological polar surface area (TPSA) is 121 Å². The average Bonchev–Trinajstić information content (AvgIpc) is 3.73. The van der Waals surface area contributed by atoms with Gasteiger partial charge in [0.1, 0.15) is 19.5 Å². The number of amidine groups is 1. The van der Waals surface area contributed by atoms with Crippen LogP contribution in [0.15, 0.2) is 64.6 Å². The predicted molar refractivity (Wildman–Crippen MR) is 183 cm³/mol. The number of methoxy groups -OCH3 is 2. The van der Waals surface area contributed by atoms with Gasteiger partial charge in [0.15, 0.2) is 11.4 Å². The fourth-order valence-corrected chi connectivity index (χ4v) is 6.86. The number of aliphatic imine (C=N–C) groups is 1. The molecule has 1 fully saturated rings. The van der Waals surface area contributed by atoms with Gasteiger partial charge in [-0.05, 0) is 49.8 Å². The van der Waals surface area contributed by atoms with Crippen LogP contribution in [0.5, 0.6) is 0 Å². The molecule has 1 aliphatic carbocycles. The van der Waals surface area contributed by atoms with Gasteiger partial charge in [-0.15, -0.1) is 0 Å². The van der Waals surface area contributed by atoms with E-state index in [0.29, 0.717) is 39.3 Å². The number of hydrogen-bond acceptors (Lipinski definition) is 10. The number of para-hydroxylation sites is 1. The van der Waals surface area contributed by atoms with Gasteiger partial charge in [0.25, 0.3) is 0 Å². The van der Waals surface area contributed by atoms with Crippen molar-refractivity contribution in [1.29, 1.82) is 0 Å². The minimum atomic E-state index is -1.21. The van der Waals surface area contributed by atoms with Gasteiger partial charge in [0, 0.05) is 58.6 Å². The third-order valence-corrected chi connectivity index (χ3v) is 10.6. The van der Waals surface area contributed by atoms with Crippen LogP contribution in [0.1, 0.15) is 37.2 Å². The number of esters is 1. The average molecular weight is 667 g/mol. The first-order chi connectivity index (χ1) is 22.7. The second-order valence-electron chi connectivity index (χ2n) is 13.5. The third-order valence-electron chi connectivity index (χ3n) is 8.90. The molecule has 1 saturated carbocycles. The molecule has 1 aromatic heterocycles. The van der Waals surface area contributed by atoms with Gasteiger partial charge in [-0.25, -0.2) is 19.5 Å². The minimum Gasteiger partial charge on any atom is -0.461 e. The Balaban J connectivity index is 1.34. The Labute approximate surface area is 279 Å². The van der Waals surface area contributed by atoms with E-state index in [4.69, 9.17) is 33.8 Å². The number of fused-ring (bicyclic) bond motifs is 1. The third kappa shape index (κ3) is 8.96. The molecular formula is C34H50N6O6Si. The number of benzene rings is 1. The Morgan fingerprint density at radius 2 is 1.79 bits per heavy atom. The molecule has 3 aliphatic rings. The number of hydrazone groups is 1. The number of ether oxygens (including phenoxy) is 5. The first kappa shape index (κ1) is 35.0. The van der Waals surface area contributed by atoms with Crippen molar-refractivity contribution in [3.63, 3.8) is 0 Å². The van der Waals surface area contributed by atoms with Crippen molar-refractivity contribution < 1.29 is 28.5 Å². The summed E-state index contributed by atoms with van der Waals surface area (Å²) in [5, 5.41) is 15.2. The van der Waals surface area contributed by atoms with E-state index >= 15 is 0 Å². The summed E-state index contributed by atoms with van der Waals surface area (Å²) in [5.74, 6) is 0.552. The maximum atomic E-state index is 13.3. The van der Waals surface area contributed by atoms with E-state index < -0.39 is 13.7 Å². The molecule has 2 unspecified atom stereocenters. The van der Waals surface area contributed by atoms with Crippen molar-refractivity contribution in [1.82, 2.24) is 20.1 Å². The fourth-order valence-electron chi connectivity index (χ4n) is 6.10. The zero-order valence-electron chi connectivity index (χ0n) is 28.4. The number of nitrogens with one attached hydrogen (secondary N) is 1. The van der Waals surface area contributed by atoms with Crippen molar-refractivity contribution in [2.45, 2.75) is 69.1 Å². The number of rotatable bonds is 16. The number of carbonyl (C=O) groups is 1. The molecule has 1 aromatic carbocycles. The summed E-state index contributed by atoms with van der Waals surface area (Å²) in [6.07, 6.45) is 10.4. The monoisotopic (exact) mass is 666 g/mol. The highest BCUT2D eigenvalue weighted by Gasteiger charge is 2.46. The van der Waals surface area contributed by atoms with E-state index in [1.807, 2.05) is 52.4 Å². The molecule has 47 heavy (non-hydrogen) atoms. The molecule has 0 saturated heterocycles. The summed E-state index contributed by atoms with van der Waals surface area (Å²) in [6.45, 7) is 9.26. The van der Waals surface area contributed by atoms with E-state index in [9.17, 15) is 4.79 Å². The van der Waals surface area contributed by atoms with Crippen molar-refractivity contribution in [2.24, 2.45) is 16.0 Å². The molecule has 1 N–H and O–H groups in total. The molecule has 0 amide bonds. The van der Waals surface area contributed by atoms with Crippen LogP contribution in [-0.2, 0) is 28.5 Å². The number of carbonyl (C=O) groups excluding carboxylic acids is 1. The zero-order chi connectivity index (χ0) is 33.3. The molecule has 13 heteroatoms. The first-order valence-electron chi connectivity index (χ1n) is 16.6. The quantitative estimate of drug-likeness (QED) is 0.156. The summed E-state index contributed by atoms with van der Waals surface area (Å²) >= 11 is 0. The van der Waals surface area contributed by atoms with E-state index in [0.717, 1.165) is 41.7 Å². The lowest BCUT2D eigenvalue weighted by molar-refractivity contribution is -0.181. The zero-order valence-corrected chi connectivity index (χ0v) is 29.4. The van der Waals surface area contributed by atoms with Crippen LogP contribution < -0.4 is 5.32 Å². The van der Waals surface area contributed by atoms with Crippen LogP contribution in [-0.4, -0.2) is 107 Å². The lowest BCUT2D eigenvalue weighted by Crippen LogP contribution is -2.52. The SMILES string of the molecule is COCCOC(=O)C1(OCCOC)CCC(C2=CC(=NCOCC[Si](C)(C)C)N3N=CC(c4cnn(-c5ccccc5)c4)C3N2)CC1. The fraction of sp³-hybridized carbons (Fsp3) is 0.588. The molecule has 2 atom stereocenters. The summed E-state index contributed by atoms with van der Waals surface area (Å²) in [7, 11) is 2.00. The molecule has 0 bridgehead atoms. The molecule has 0 radical (unpaired) electrons. The molecule has 12 nitrogen and oxygen atoms in total. The smallest absolute Gasteiger partial charge is 0.338 e. The van der Waals surface area contributed by atoms with Crippen LogP contribution in [0, 0.1) is 5.92 Å². The van der Waals surface area contributed by atoms with E-state index in [-0.39, 0.29) is 37.3 Å². The minimum absolute atomic E-state index is 0.0509. The van der Waals surface area contributed by atoms with Gasteiger partial charge < -0.3 is 29.0 Å². The Morgan fingerprint density at radius 3 is 2.51 bits per heavy atom. The lowest BCUT2D eigenvalue weighted by Gasteiger charge is -2.41. The Bertz CT molecular complexity index is 1400. The van der Waals surface area contributed by atoms with Crippen molar-refractivity contribution in [2.75, 3.05) is 54.0 Å². The van der Waals surface area contributed by atoms with E-state index in [2.05, 4.69) is 42.3 Å². The van der Waals surface area contributed by atoms with Crippen molar-refractivity contribution in [3.8, 4) is 5.69 Å². The molecule has 0 spiro atoms. The maximum absolute atomic E-state index is 13.3. The van der Waals surface area contributed by atoms with Crippen LogP contribution in [0.4, 0.5) is 0 Å². The maximum Gasteiger partial charge on any atom is 0.338 e. The second kappa shape index (κ2) is 16.2. The van der Waals surface area contributed by atoms with Gasteiger partial charge in [-0.3, -0.25) is 0 Å². The lowest BCUT2D eigenvalue weighted by atomic mass is 9.76. The first-order valence-corrected chi connectivity index (χ1v) is 20.3. The molecule has 5 rings (SSSR count). The highest BCUT2D eigenvalue weighted by Crippen LogP contribution is 2.40. The van der Waals surface area contributed by atoms with Gasteiger partial charge in [0.05, 0.1) is 37.6 Å². The van der Waals surface area contributed by atoms with Gasteiger partial charge in [-0.1, -0.05) is 37.8 Å². The molecule has 2 aliphatic heterocycles. The van der Waals surface area contributed by atoms with Gasteiger partial charge >= 0.3 is 5.97 Å². The van der Waals surface area contributed by atoms with Crippen LogP contribution in [0.3, 0.4) is 0 Å². The van der Waals surface area contributed by atoms with E-state index in [1.54, 1.807) is 14.2 Å². The van der Waals surface area contributed by atoms with Crippen LogP contribution >= 0.6 is 0 Å². The van der Waals surface area contributed by atoms with Crippen LogP contribution in [0.25, 0.3) is 5.69 Å². The number of hydrogen-bond donors (Lipinski definition) is 1. The summed E-state index contributed by atoms with van der Waals surface area (Å²) in [6, 6.07) is 11.2. The Morgan fingerprint density at radius 1 is 1.04 bits per heavy atom. The molecule has 256 valence electrons. The summed E-state index contributed by atoms with van der Waals surface area (Å²) in [5.41, 5.74) is 2.13. The largest absolute Gasteiger partial charge is 0.461 e.